The number of carbonyl (C=O) groups excluding carboxylic acids is 1. The molecule has 1 N–H and O–H groups in total. The van der Waals surface area contributed by atoms with Gasteiger partial charge in [0.2, 0.25) is 5.91 Å². The Morgan fingerprint density at radius 3 is 2.89 bits per heavy atom. The maximum atomic E-state index is 13.0. The molecule has 1 aromatic heterocycles. The van der Waals surface area contributed by atoms with Crippen molar-refractivity contribution in [2.75, 3.05) is 13.2 Å². The molecule has 0 bridgehead atoms. The van der Waals surface area contributed by atoms with E-state index in [0.29, 0.717) is 31.7 Å². The fourth-order valence-corrected chi connectivity index (χ4v) is 3.01. The number of para-hydroxylation sites is 2. The van der Waals surface area contributed by atoms with Crippen LogP contribution in [-0.4, -0.2) is 28.6 Å². The number of fused-ring (bicyclic) bond motifs is 1. The molecule has 0 radical (unpaired) electrons. The second-order valence-corrected chi connectivity index (χ2v) is 6.41. The molecule has 0 aliphatic heterocycles. The fraction of sp³-hybridized carbons (Fsp3) is 0.333. The zero-order chi connectivity index (χ0) is 19.1. The molecule has 0 saturated carbocycles. The van der Waals surface area contributed by atoms with Crippen molar-refractivity contribution in [1.29, 1.82) is 0 Å². The van der Waals surface area contributed by atoms with Crippen LogP contribution in [0.2, 0.25) is 0 Å². The average molecular weight is 369 g/mol. The van der Waals surface area contributed by atoms with Gasteiger partial charge in [-0.15, -0.1) is 0 Å². The zero-order valence-electron chi connectivity index (χ0n) is 15.5. The molecule has 0 aliphatic rings. The van der Waals surface area contributed by atoms with Crippen LogP contribution in [0, 0.1) is 12.7 Å². The first-order chi connectivity index (χ1) is 13.1. The van der Waals surface area contributed by atoms with Gasteiger partial charge >= 0.3 is 0 Å². The SMILES string of the molecule is Cc1nc2ccccc2n1CCCNC(=O)CCCOc1cccc(F)c1. The number of nitrogens with zero attached hydrogens (tertiary/aromatic N) is 2. The van der Waals surface area contributed by atoms with Crippen LogP contribution in [0.1, 0.15) is 25.1 Å². The number of imidazole rings is 1. The van der Waals surface area contributed by atoms with Crippen LogP contribution in [0.5, 0.6) is 5.75 Å². The Bertz CT molecular complexity index is 907. The Morgan fingerprint density at radius 2 is 2.04 bits per heavy atom. The van der Waals surface area contributed by atoms with Crippen LogP contribution in [0.25, 0.3) is 11.0 Å². The molecule has 0 fully saturated rings. The molecule has 27 heavy (non-hydrogen) atoms. The molecule has 0 aliphatic carbocycles. The first-order valence-electron chi connectivity index (χ1n) is 9.20. The molecule has 1 heterocycles. The molecule has 142 valence electrons. The number of rotatable bonds is 9. The number of aromatic nitrogens is 2. The Kier molecular flexibility index (Phi) is 6.41. The normalized spacial score (nSPS) is 10.9. The number of amides is 1. The van der Waals surface area contributed by atoms with Gasteiger partial charge in [-0.25, -0.2) is 9.37 Å². The summed E-state index contributed by atoms with van der Waals surface area (Å²) in [6, 6.07) is 14.1. The lowest BCUT2D eigenvalue weighted by Gasteiger charge is -2.09. The second-order valence-electron chi connectivity index (χ2n) is 6.41. The minimum Gasteiger partial charge on any atom is -0.493 e. The van der Waals surface area contributed by atoms with E-state index in [1.165, 1.54) is 12.1 Å². The number of aryl methyl sites for hydroxylation is 2. The highest BCUT2D eigenvalue weighted by Crippen LogP contribution is 2.15. The van der Waals surface area contributed by atoms with Gasteiger partial charge < -0.3 is 14.6 Å². The van der Waals surface area contributed by atoms with Crippen molar-refractivity contribution in [3.63, 3.8) is 0 Å². The maximum absolute atomic E-state index is 13.0. The molecule has 2 aromatic carbocycles. The van der Waals surface area contributed by atoms with E-state index in [1.807, 2.05) is 25.1 Å². The third-order valence-electron chi connectivity index (χ3n) is 4.34. The second kappa shape index (κ2) is 9.16. The minimum absolute atomic E-state index is 0.00468. The number of ether oxygens (including phenoxy) is 1. The molecule has 5 nitrogen and oxygen atoms in total. The van der Waals surface area contributed by atoms with Crippen molar-refractivity contribution in [2.45, 2.75) is 32.7 Å². The first kappa shape index (κ1) is 18.9. The highest BCUT2D eigenvalue weighted by atomic mass is 19.1. The fourth-order valence-electron chi connectivity index (χ4n) is 3.01. The summed E-state index contributed by atoms with van der Waals surface area (Å²) < 4.78 is 20.7. The summed E-state index contributed by atoms with van der Waals surface area (Å²) in [7, 11) is 0. The molecule has 0 spiro atoms. The third kappa shape index (κ3) is 5.29. The summed E-state index contributed by atoms with van der Waals surface area (Å²) in [4.78, 5) is 16.4. The van der Waals surface area contributed by atoms with Crippen molar-refractivity contribution in [3.8, 4) is 5.75 Å². The number of halogens is 1. The van der Waals surface area contributed by atoms with Crippen LogP contribution >= 0.6 is 0 Å². The molecule has 6 heteroatoms. The van der Waals surface area contributed by atoms with E-state index in [9.17, 15) is 9.18 Å². The average Bonchev–Trinajstić information content (AvgIpc) is 2.98. The van der Waals surface area contributed by atoms with Gasteiger partial charge in [-0.2, -0.15) is 0 Å². The predicted octanol–water partition coefficient (Wildman–Crippen LogP) is 3.85. The van der Waals surface area contributed by atoms with E-state index >= 15 is 0 Å². The summed E-state index contributed by atoms with van der Waals surface area (Å²) in [5.41, 5.74) is 2.12. The van der Waals surface area contributed by atoms with Crippen molar-refractivity contribution < 1.29 is 13.9 Å². The molecule has 0 saturated heterocycles. The number of carbonyl (C=O) groups is 1. The lowest BCUT2D eigenvalue weighted by atomic mass is 10.3. The quantitative estimate of drug-likeness (QED) is 0.583. The topological polar surface area (TPSA) is 56.2 Å². The van der Waals surface area contributed by atoms with E-state index in [-0.39, 0.29) is 11.7 Å². The number of hydrogen-bond donors (Lipinski definition) is 1. The van der Waals surface area contributed by atoms with Crippen molar-refractivity contribution in [3.05, 3.63) is 60.2 Å². The van der Waals surface area contributed by atoms with E-state index in [1.54, 1.807) is 12.1 Å². The molecule has 1 amide bonds. The van der Waals surface area contributed by atoms with Gasteiger partial charge in [0, 0.05) is 25.6 Å². The highest BCUT2D eigenvalue weighted by molar-refractivity contribution is 5.76. The number of hydrogen-bond acceptors (Lipinski definition) is 3. The lowest BCUT2D eigenvalue weighted by Crippen LogP contribution is -2.25. The van der Waals surface area contributed by atoms with Gasteiger partial charge in [0.1, 0.15) is 17.4 Å². The van der Waals surface area contributed by atoms with Gasteiger partial charge in [-0.05, 0) is 44.0 Å². The van der Waals surface area contributed by atoms with E-state index in [0.717, 1.165) is 29.8 Å². The molecular weight excluding hydrogens is 345 g/mol. The molecule has 0 unspecified atom stereocenters. The molecule has 3 aromatic rings. The van der Waals surface area contributed by atoms with Gasteiger partial charge in [-0.1, -0.05) is 18.2 Å². The Morgan fingerprint density at radius 1 is 1.19 bits per heavy atom. The van der Waals surface area contributed by atoms with Gasteiger partial charge in [0.05, 0.1) is 17.6 Å². The van der Waals surface area contributed by atoms with Crippen LogP contribution in [0.15, 0.2) is 48.5 Å². The lowest BCUT2D eigenvalue weighted by molar-refractivity contribution is -0.121. The highest BCUT2D eigenvalue weighted by Gasteiger charge is 2.06. The first-order valence-corrected chi connectivity index (χ1v) is 9.20. The predicted molar refractivity (Wildman–Crippen MR) is 103 cm³/mol. The minimum atomic E-state index is -0.328. The molecule has 3 rings (SSSR count). The number of benzene rings is 2. The van der Waals surface area contributed by atoms with Crippen LogP contribution in [0.3, 0.4) is 0 Å². The van der Waals surface area contributed by atoms with Crippen molar-refractivity contribution in [2.24, 2.45) is 0 Å². The summed E-state index contributed by atoms with van der Waals surface area (Å²) in [6.45, 7) is 3.82. The van der Waals surface area contributed by atoms with E-state index in [4.69, 9.17) is 4.74 Å². The Balaban J connectivity index is 1.33. The largest absolute Gasteiger partial charge is 0.493 e. The standard InChI is InChI=1S/C21H24FN3O2/c1-16-24-19-9-2-3-10-20(19)25(16)13-6-12-23-21(26)11-5-14-27-18-8-4-7-17(22)15-18/h2-4,7-10,15H,5-6,11-14H2,1H3,(H,23,26). The molecular formula is C21H24FN3O2. The number of nitrogens with one attached hydrogen (secondary N) is 1. The van der Waals surface area contributed by atoms with Crippen molar-refractivity contribution in [1.82, 2.24) is 14.9 Å². The van der Waals surface area contributed by atoms with E-state index in [2.05, 4.69) is 20.9 Å². The van der Waals surface area contributed by atoms with Crippen molar-refractivity contribution >= 4 is 16.9 Å². The maximum Gasteiger partial charge on any atom is 0.220 e. The van der Waals surface area contributed by atoms with Gasteiger partial charge in [0.15, 0.2) is 0 Å². The Labute approximate surface area is 158 Å². The zero-order valence-corrected chi connectivity index (χ0v) is 15.5. The third-order valence-corrected chi connectivity index (χ3v) is 4.34. The smallest absolute Gasteiger partial charge is 0.220 e. The summed E-state index contributed by atoms with van der Waals surface area (Å²) in [6.07, 6.45) is 1.82. The summed E-state index contributed by atoms with van der Waals surface area (Å²) in [5.74, 6) is 1.14. The Hall–Kier alpha value is -2.89. The summed E-state index contributed by atoms with van der Waals surface area (Å²) >= 11 is 0. The van der Waals surface area contributed by atoms with Crippen LogP contribution in [0.4, 0.5) is 4.39 Å². The van der Waals surface area contributed by atoms with E-state index < -0.39 is 0 Å². The molecule has 0 atom stereocenters. The van der Waals surface area contributed by atoms with Gasteiger partial charge in [0.25, 0.3) is 0 Å². The van der Waals surface area contributed by atoms with Crippen LogP contribution < -0.4 is 10.1 Å². The van der Waals surface area contributed by atoms with Crippen LogP contribution in [-0.2, 0) is 11.3 Å². The summed E-state index contributed by atoms with van der Waals surface area (Å²) in [5, 5.41) is 2.93. The monoisotopic (exact) mass is 369 g/mol. The van der Waals surface area contributed by atoms with Gasteiger partial charge in [-0.3, -0.25) is 4.79 Å².